The van der Waals surface area contributed by atoms with Gasteiger partial charge in [0, 0.05) is 12.4 Å². The highest BCUT2D eigenvalue weighted by molar-refractivity contribution is 6.74. The molecule has 0 spiro atoms. The number of aromatic nitrogens is 2. The van der Waals surface area contributed by atoms with Crippen molar-refractivity contribution in [1.82, 2.24) is 9.97 Å². The molecule has 94 valence electrons. The minimum absolute atomic E-state index is 0.177. The first-order chi connectivity index (χ1) is 7.78. The van der Waals surface area contributed by atoms with Gasteiger partial charge in [-0.2, -0.15) is 0 Å². The van der Waals surface area contributed by atoms with Crippen molar-refractivity contribution in [3.63, 3.8) is 0 Å². The fraction of sp³-hybridized carbons (Fsp3) is 0.538. The number of nitrogens with zero attached hydrogens (tertiary/aromatic N) is 2. The summed E-state index contributed by atoms with van der Waals surface area (Å²) in [5, 5.41) is 0.177. The van der Waals surface area contributed by atoms with Crippen LogP contribution in [0.1, 0.15) is 33.5 Å². The number of rotatable bonds is 3. The third-order valence-electron chi connectivity index (χ3n) is 3.22. The predicted octanol–water partition coefficient (Wildman–Crippen LogP) is 3.86. The van der Waals surface area contributed by atoms with Crippen molar-refractivity contribution in [3.05, 3.63) is 30.4 Å². The zero-order valence-electron chi connectivity index (χ0n) is 11.6. The lowest BCUT2D eigenvalue weighted by molar-refractivity contribution is 0.453. The van der Waals surface area contributed by atoms with Crippen LogP contribution in [0.2, 0.25) is 18.1 Å². The molecular formula is C13H22N2OSi. The van der Waals surface area contributed by atoms with Gasteiger partial charge in [0.2, 0.25) is 0 Å². The van der Waals surface area contributed by atoms with Gasteiger partial charge in [0.25, 0.3) is 8.32 Å². The number of hydrogen-bond donors (Lipinski definition) is 0. The molecule has 1 rings (SSSR count). The minimum Gasteiger partial charge on any atom is -0.541 e. The lowest BCUT2D eigenvalue weighted by Crippen LogP contribution is -2.40. The van der Waals surface area contributed by atoms with Gasteiger partial charge in [-0.25, -0.2) is 9.97 Å². The van der Waals surface area contributed by atoms with E-state index in [1.807, 2.05) is 19.1 Å². The normalized spacial score (nSPS) is 13.6. The van der Waals surface area contributed by atoms with Crippen LogP contribution in [-0.4, -0.2) is 18.3 Å². The Hall–Kier alpha value is -1.16. The Labute approximate surface area is 105 Å². The molecule has 1 aromatic rings. The fourth-order valence-electron chi connectivity index (χ4n) is 1.09. The molecule has 0 saturated carbocycles. The molecule has 1 heterocycles. The van der Waals surface area contributed by atoms with E-state index in [9.17, 15) is 0 Å². The van der Waals surface area contributed by atoms with Crippen molar-refractivity contribution in [2.75, 3.05) is 0 Å². The summed E-state index contributed by atoms with van der Waals surface area (Å²) in [7, 11) is -1.82. The van der Waals surface area contributed by atoms with Crippen LogP contribution in [0.15, 0.2) is 24.5 Å². The van der Waals surface area contributed by atoms with Crippen LogP contribution >= 0.6 is 0 Å². The Morgan fingerprint density at radius 2 is 1.76 bits per heavy atom. The van der Waals surface area contributed by atoms with Gasteiger partial charge in [-0.15, -0.1) is 0 Å². The molecule has 0 aliphatic heterocycles. The Kier molecular flexibility index (Phi) is 4.09. The maximum Gasteiger partial charge on any atom is 0.250 e. The van der Waals surface area contributed by atoms with E-state index in [-0.39, 0.29) is 5.04 Å². The maximum absolute atomic E-state index is 6.21. The molecule has 17 heavy (non-hydrogen) atoms. The first-order valence-corrected chi connectivity index (χ1v) is 8.81. The summed E-state index contributed by atoms with van der Waals surface area (Å²) in [6, 6.07) is 1.81. The van der Waals surface area contributed by atoms with Crippen LogP contribution < -0.4 is 0 Å². The SMILES string of the molecule is CC=C(O[Si](C)(C)C(C)(C)C)c1ncccn1. The first kappa shape index (κ1) is 13.9. The monoisotopic (exact) mass is 250 g/mol. The van der Waals surface area contributed by atoms with E-state index in [0.717, 1.165) is 5.76 Å². The van der Waals surface area contributed by atoms with Crippen molar-refractivity contribution in [3.8, 4) is 0 Å². The molecule has 0 saturated heterocycles. The highest BCUT2D eigenvalue weighted by atomic mass is 28.4. The lowest BCUT2D eigenvalue weighted by atomic mass is 10.2. The lowest BCUT2D eigenvalue weighted by Gasteiger charge is -2.36. The molecule has 0 aromatic carbocycles. The van der Waals surface area contributed by atoms with E-state index in [1.165, 1.54) is 0 Å². The molecule has 0 fully saturated rings. The molecule has 1 aromatic heterocycles. The largest absolute Gasteiger partial charge is 0.541 e. The van der Waals surface area contributed by atoms with E-state index < -0.39 is 8.32 Å². The summed E-state index contributed by atoms with van der Waals surface area (Å²) in [4.78, 5) is 8.47. The summed E-state index contributed by atoms with van der Waals surface area (Å²) in [6.45, 7) is 13.1. The molecule has 0 bridgehead atoms. The summed E-state index contributed by atoms with van der Waals surface area (Å²) in [5.41, 5.74) is 0. The third kappa shape index (κ3) is 3.39. The van der Waals surface area contributed by atoms with Gasteiger partial charge in [0.1, 0.15) is 5.76 Å². The van der Waals surface area contributed by atoms with E-state index in [1.54, 1.807) is 12.4 Å². The van der Waals surface area contributed by atoms with E-state index in [2.05, 4.69) is 43.8 Å². The molecule has 0 radical (unpaired) electrons. The molecule has 0 N–H and O–H groups in total. The summed E-state index contributed by atoms with van der Waals surface area (Å²) in [6.07, 6.45) is 5.41. The van der Waals surface area contributed by atoms with Crippen LogP contribution in [0.25, 0.3) is 5.76 Å². The second-order valence-corrected chi connectivity index (χ2v) is 10.3. The van der Waals surface area contributed by atoms with Crippen molar-refractivity contribution in [1.29, 1.82) is 0 Å². The Balaban J connectivity index is 2.94. The van der Waals surface area contributed by atoms with Gasteiger partial charge in [-0.05, 0) is 37.2 Å². The van der Waals surface area contributed by atoms with Gasteiger partial charge >= 0.3 is 0 Å². The molecule has 3 nitrogen and oxygen atoms in total. The second kappa shape index (κ2) is 5.00. The van der Waals surface area contributed by atoms with Gasteiger partial charge in [-0.3, -0.25) is 0 Å². The van der Waals surface area contributed by atoms with Crippen molar-refractivity contribution < 1.29 is 4.43 Å². The van der Waals surface area contributed by atoms with Crippen LogP contribution in [0, 0.1) is 0 Å². The van der Waals surface area contributed by atoms with E-state index in [4.69, 9.17) is 4.43 Å². The minimum atomic E-state index is -1.82. The third-order valence-corrected chi connectivity index (χ3v) is 7.56. The van der Waals surface area contributed by atoms with Crippen molar-refractivity contribution in [2.45, 2.75) is 45.8 Å². The zero-order valence-corrected chi connectivity index (χ0v) is 12.6. The Bertz CT molecular complexity index is 394. The maximum atomic E-state index is 6.21. The molecule has 0 aliphatic carbocycles. The van der Waals surface area contributed by atoms with Crippen LogP contribution in [0.4, 0.5) is 0 Å². The molecular weight excluding hydrogens is 228 g/mol. The average molecular weight is 250 g/mol. The number of hydrogen-bond acceptors (Lipinski definition) is 3. The summed E-state index contributed by atoms with van der Waals surface area (Å²) in [5.74, 6) is 1.46. The zero-order chi connectivity index (χ0) is 13.1. The quantitative estimate of drug-likeness (QED) is 0.603. The standard InChI is InChI=1S/C13H22N2OSi/c1-7-11(12-14-9-8-10-15-12)16-17(5,6)13(2,3)4/h7-10H,1-6H3. The second-order valence-electron chi connectivity index (χ2n) is 5.59. The topological polar surface area (TPSA) is 35.0 Å². The number of allylic oxidation sites excluding steroid dienone is 1. The predicted molar refractivity (Wildman–Crippen MR) is 74.0 cm³/mol. The van der Waals surface area contributed by atoms with Crippen molar-refractivity contribution >= 4 is 14.1 Å². The average Bonchev–Trinajstić information content (AvgIpc) is 2.25. The Morgan fingerprint density at radius 3 is 2.18 bits per heavy atom. The molecule has 0 amide bonds. The summed E-state index contributed by atoms with van der Waals surface area (Å²) >= 11 is 0. The highest BCUT2D eigenvalue weighted by Crippen LogP contribution is 2.38. The summed E-state index contributed by atoms with van der Waals surface area (Å²) < 4.78 is 6.21. The van der Waals surface area contributed by atoms with Crippen LogP contribution in [0.5, 0.6) is 0 Å². The fourth-order valence-corrected chi connectivity index (χ4v) is 2.15. The van der Waals surface area contributed by atoms with Gasteiger partial charge in [0.15, 0.2) is 5.82 Å². The molecule has 0 aliphatic rings. The van der Waals surface area contributed by atoms with Crippen molar-refractivity contribution in [2.24, 2.45) is 0 Å². The molecule has 4 heteroatoms. The van der Waals surface area contributed by atoms with E-state index in [0.29, 0.717) is 5.82 Å². The smallest absolute Gasteiger partial charge is 0.250 e. The van der Waals surface area contributed by atoms with Crippen LogP contribution in [-0.2, 0) is 4.43 Å². The Morgan fingerprint density at radius 1 is 1.24 bits per heavy atom. The first-order valence-electron chi connectivity index (χ1n) is 5.90. The van der Waals surface area contributed by atoms with Gasteiger partial charge in [-0.1, -0.05) is 20.8 Å². The van der Waals surface area contributed by atoms with Gasteiger partial charge in [0.05, 0.1) is 0 Å². The van der Waals surface area contributed by atoms with Crippen LogP contribution in [0.3, 0.4) is 0 Å². The van der Waals surface area contributed by atoms with E-state index >= 15 is 0 Å². The molecule has 0 unspecified atom stereocenters. The highest BCUT2D eigenvalue weighted by Gasteiger charge is 2.39. The van der Waals surface area contributed by atoms with Gasteiger partial charge < -0.3 is 4.43 Å². The molecule has 0 atom stereocenters.